The number of ether oxygens (including phenoxy) is 1. The molecule has 0 spiro atoms. The van der Waals surface area contributed by atoms with Crippen LogP contribution < -0.4 is 15.4 Å². The maximum Gasteiger partial charge on any atom is 0.573 e. The van der Waals surface area contributed by atoms with Gasteiger partial charge in [0, 0.05) is 55.1 Å². The monoisotopic (exact) mass is 632 g/mol. The molecular formula is C35H35F3N4O4. The van der Waals surface area contributed by atoms with Crippen LogP contribution in [-0.4, -0.2) is 64.9 Å². The van der Waals surface area contributed by atoms with Gasteiger partial charge in [0.2, 0.25) is 0 Å². The number of aromatic nitrogens is 1. The Bertz CT molecular complexity index is 1600. The van der Waals surface area contributed by atoms with Crippen molar-refractivity contribution in [1.82, 2.24) is 20.5 Å². The maximum absolute atomic E-state index is 13.4. The summed E-state index contributed by atoms with van der Waals surface area (Å²) in [5.41, 5.74) is 3.05. The van der Waals surface area contributed by atoms with Gasteiger partial charge < -0.3 is 25.4 Å². The van der Waals surface area contributed by atoms with Gasteiger partial charge in [0.05, 0.1) is 12.1 Å². The van der Waals surface area contributed by atoms with E-state index in [1.165, 1.54) is 18.2 Å². The van der Waals surface area contributed by atoms with Crippen LogP contribution in [0.3, 0.4) is 0 Å². The Labute approximate surface area is 265 Å². The van der Waals surface area contributed by atoms with Crippen LogP contribution in [0.1, 0.15) is 49.9 Å². The van der Waals surface area contributed by atoms with E-state index in [4.69, 9.17) is 0 Å². The molecule has 3 N–H and O–H groups in total. The van der Waals surface area contributed by atoms with Crippen LogP contribution in [0.15, 0.2) is 103 Å². The molecule has 5 rings (SSSR count). The van der Waals surface area contributed by atoms with E-state index in [0.717, 1.165) is 17.7 Å². The lowest BCUT2D eigenvalue weighted by Crippen LogP contribution is -2.48. The van der Waals surface area contributed by atoms with Gasteiger partial charge >= 0.3 is 6.36 Å². The Morgan fingerprint density at radius 2 is 1.67 bits per heavy atom. The quantitative estimate of drug-likeness (QED) is 0.201. The van der Waals surface area contributed by atoms with Crippen LogP contribution in [0.4, 0.5) is 13.2 Å². The van der Waals surface area contributed by atoms with E-state index in [1.54, 1.807) is 41.4 Å². The van der Waals surface area contributed by atoms with Crippen molar-refractivity contribution in [3.63, 3.8) is 0 Å². The summed E-state index contributed by atoms with van der Waals surface area (Å²) in [5, 5.41) is 17.1. The lowest BCUT2D eigenvalue weighted by molar-refractivity contribution is -0.274. The second-order valence-corrected chi connectivity index (χ2v) is 11.2. The summed E-state index contributed by atoms with van der Waals surface area (Å²) in [6, 6.07) is 26.5. The highest BCUT2D eigenvalue weighted by molar-refractivity contribution is 6.00. The van der Waals surface area contributed by atoms with Gasteiger partial charge in [0.25, 0.3) is 11.8 Å². The molecule has 0 aliphatic carbocycles. The van der Waals surface area contributed by atoms with Crippen molar-refractivity contribution in [2.75, 3.05) is 19.6 Å². The average molecular weight is 633 g/mol. The number of nitrogens with zero attached hydrogens (tertiary/aromatic N) is 2. The first-order valence-corrected chi connectivity index (χ1v) is 15.0. The van der Waals surface area contributed by atoms with Crippen molar-refractivity contribution >= 4 is 11.8 Å². The summed E-state index contributed by atoms with van der Waals surface area (Å²) in [7, 11) is 0. The number of pyridine rings is 1. The molecule has 1 unspecified atom stereocenters. The minimum atomic E-state index is -4.80. The Morgan fingerprint density at radius 3 is 2.43 bits per heavy atom. The number of aliphatic hydroxyl groups excluding tert-OH is 1. The molecule has 4 aromatic rings. The van der Waals surface area contributed by atoms with Crippen molar-refractivity contribution in [1.29, 1.82) is 0 Å². The van der Waals surface area contributed by atoms with E-state index < -0.39 is 24.4 Å². The summed E-state index contributed by atoms with van der Waals surface area (Å²) in [5.74, 6) is -0.787. The maximum atomic E-state index is 13.4. The van der Waals surface area contributed by atoms with Crippen molar-refractivity contribution in [3.8, 4) is 5.75 Å². The number of aliphatic hydroxyl groups is 1. The standard InChI is InChI=1S/C35H35F3N4O4/c36-35(37,38)46-29-13-6-10-25(18-29)21-39-22-32(43)31(19-24-8-2-1-3-9-24)41-33(44)26-11-7-12-27(20-26)34(45)42-17-15-28(23-42)30-14-4-5-16-40-30/h1-14,16,18,20,28,31-32,39,43H,15,17,19,21-23H2,(H,41,44)/t28?,31-,32+/m0/s1. The summed E-state index contributed by atoms with van der Waals surface area (Å²) in [6.07, 6.45) is -2.96. The lowest BCUT2D eigenvalue weighted by atomic mass is 10.00. The molecule has 2 amide bonds. The number of carbonyl (C=O) groups excluding carboxylic acids is 2. The zero-order chi connectivity index (χ0) is 32.5. The molecule has 1 fully saturated rings. The van der Waals surface area contributed by atoms with Crippen LogP contribution >= 0.6 is 0 Å². The van der Waals surface area contributed by atoms with E-state index in [-0.39, 0.29) is 36.2 Å². The molecule has 3 aromatic carbocycles. The fourth-order valence-electron chi connectivity index (χ4n) is 5.54. The minimum absolute atomic E-state index is 0.0487. The number of likely N-dealkylation sites (tertiary alicyclic amines) is 1. The molecule has 1 aromatic heterocycles. The second-order valence-electron chi connectivity index (χ2n) is 11.2. The predicted octanol–water partition coefficient (Wildman–Crippen LogP) is 5.10. The van der Waals surface area contributed by atoms with Gasteiger partial charge in [0.15, 0.2) is 0 Å². The number of rotatable bonds is 12. The highest BCUT2D eigenvalue weighted by atomic mass is 19.4. The highest BCUT2D eigenvalue weighted by Crippen LogP contribution is 2.27. The van der Waals surface area contributed by atoms with Gasteiger partial charge in [-0.1, -0.05) is 54.6 Å². The first kappa shape index (κ1) is 32.6. The van der Waals surface area contributed by atoms with Crippen molar-refractivity contribution in [3.05, 3.63) is 131 Å². The molecule has 240 valence electrons. The molecule has 3 atom stereocenters. The van der Waals surface area contributed by atoms with Gasteiger partial charge in [-0.15, -0.1) is 13.2 Å². The first-order valence-electron chi connectivity index (χ1n) is 15.0. The number of hydrogen-bond donors (Lipinski definition) is 3. The number of amides is 2. The molecule has 2 heterocycles. The molecule has 8 nitrogen and oxygen atoms in total. The molecule has 1 saturated heterocycles. The molecule has 0 saturated carbocycles. The average Bonchev–Trinajstić information content (AvgIpc) is 3.55. The van der Waals surface area contributed by atoms with Crippen LogP contribution in [0.2, 0.25) is 0 Å². The largest absolute Gasteiger partial charge is 0.573 e. The van der Waals surface area contributed by atoms with Crippen molar-refractivity contribution in [2.24, 2.45) is 0 Å². The van der Waals surface area contributed by atoms with Gasteiger partial charge in [0.1, 0.15) is 5.75 Å². The predicted molar refractivity (Wildman–Crippen MR) is 166 cm³/mol. The molecule has 1 aliphatic rings. The number of carbonyl (C=O) groups is 2. The third kappa shape index (κ3) is 9.15. The van der Waals surface area contributed by atoms with Crippen LogP contribution in [0.25, 0.3) is 0 Å². The SMILES string of the molecule is O=C(N[C@@H](Cc1ccccc1)[C@H](O)CNCc1cccc(OC(F)(F)F)c1)c1cccc(C(=O)N2CCC(c3ccccn3)C2)c1. The van der Waals surface area contributed by atoms with Gasteiger partial charge in [-0.25, -0.2) is 0 Å². The van der Waals surface area contributed by atoms with Gasteiger partial charge in [-0.2, -0.15) is 0 Å². The highest BCUT2D eigenvalue weighted by Gasteiger charge is 2.31. The van der Waals surface area contributed by atoms with E-state index in [2.05, 4.69) is 20.4 Å². The normalized spacial score (nSPS) is 16.1. The summed E-state index contributed by atoms with van der Waals surface area (Å²) < 4.78 is 41.8. The number of benzene rings is 3. The van der Waals surface area contributed by atoms with Crippen LogP contribution in [0, 0.1) is 0 Å². The molecule has 11 heteroatoms. The molecular weight excluding hydrogens is 597 g/mol. The van der Waals surface area contributed by atoms with E-state index in [0.29, 0.717) is 30.6 Å². The number of halogens is 3. The Balaban J connectivity index is 1.22. The fourth-order valence-corrected chi connectivity index (χ4v) is 5.54. The summed E-state index contributed by atoms with van der Waals surface area (Å²) >= 11 is 0. The third-order valence-corrected chi connectivity index (χ3v) is 7.85. The van der Waals surface area contributed by atoms with Crippen LogP contribution in [0.5, 0.6) is 5.75 Å². The third-order valence-electron chi connectivity index (χ3n) is 7.85. The summed E-state index contributed by atoms with van der Waals surface area (Å²) in [6.45, 7) is 1.35. The fraction of sp³-hybridized carbons (Fsp3) is 0.286. The zero-order valence-corrected chi connectivity index (χ0v) is 25.0. The van der Waals surface area contributed by atoms with Crippen LogP contribution in [-0.2, 0) is 13.0 Å². The number of nitrogens with one attached hydrogen (secondary N) is 2. The van der Waals surface area contributed by atoms with Crippen molar-refractivity contribution < 1.29 is 32.6 Å². The molecule has 1 aliphatic heterocycles. The Hall–Kier alpha value is -4.74. The lowest BCUT2D eigenvalue weighted by Gasteiger charge is -2.25. The molecule has 46 heavy (non-hydrogen) atoms. The van der Waals surface area contributed by atoms with E-state index in [9.17, 15) is 27.9 Å². The topological polar surface area (TPSA) is 104 Å². The van der Waals surface area contributed by atoms with E-state index in [1.807, 2.05) is 48.5 Å². The van der Waals surface area contributed by atoms with E-state index >= 15 is 0 Å². The minimum Gasteiger partial charge on any atom is -0.406 e. The second kappa shape index (κ2) is 15.0. The smallest absolute Gasteiger partial charge is 0.406 e. The number of alkyl halides is 3. The van der Waals surface area contributed by atoms with Crippen molar-refractivity contribution in [2.45, 2.75) is 43.8 Å². The van der Waals surface area contributed by atoms with Gasteiger partial charge in [-0.05, 0) is 66.4 Å². The zero-order valence-electron chi connectivity index (χ0n) is 25.0. The Kier molecular flexibility index (Phi) is 10.7. The summed E-state index contributed by atoms with van der Waals surface area (Å²) in [4.78, 5) is 33.0. The molecule has 0 radical (unpaired) electrons. The molecule has 0 bridgehead atoms. The number of hydrogen-bond acceptors (Lipinski definition) is 6. The van der Waals surface area contributed by atoms with Gasteiger partial charge in [-0.3, -0.25) is 14.6 Å². The first-order chi connectivity index (χ1) is 22.1. The Morgan fingerprint density at radius 1 is 0.935 bits per heavy atom.